The van der Waals surface area contributed by atoms with Gasteiger partial charge in [0.1, 0.15) is 17.1 Å². The third-order valence-electron chi connectivity index (χ3n) is 5.36. The van der Waals surface area contributed by atoms with Crippen LogP contribution in [0.15, 0.2) is 77.2 Å². The molecule has 1 aromatic heterocycles. The Kier molecular flexibility index (Phi) is 6.05. The number of hydrogen-bond acceptors (Lipinski definition) is 4. The highest BCUT2D eigenvalue weighted by molar-refractivity contribution is 6.08. The average Bonchev–Trinajstić information content (AvgIpc) is 3.12. The second-order valence-corrected chi connectivity index (χ2v) is 7.80. The molecule has 0 atom stereocenters. The molecular weight excluding hydrogens is 388 g/mol. The van der Waals surface area contributed by atoms with E-state index in [0.29, 0.717) is 40.9 Å². The van der Waals surface area contributed by atoms with Gasteiger partial charge in [0.25, 0.3) is 5.91 Å². The van der Waals surface area contributed by atoms with Gasteiger partial charge in [-0.3, -0.25) is 9.69 Å². The molecule has 0 unspecified atom stereocenters. The maximum absolute atomic E-state index is 13.1. The largest absolute Gasteiger partial charge is 0.508 e. The van der Waals surface area contributed by atoms with E-state index >= 15 is 0 Å². The van der Waals surface area contributed by atoms with Crippen LogP contribution in [0.3, 0.4) is 0 Å². The van der Waals surface area contributed by atoms with Crippen molar-refractivity contribution in [1.82, 2.24) is 10.2 Å². The molecule has 2 N–H and O–H groups in total. The number of aryl methyl sites for hydroxylation is 1. The van der Waals surface area contributed by atoms with Gasteiger partial charge in [-0.15, -0.1) is 0 Å². The van der Waals surface area contributed by atoms with E-state index in [4.69, 9.17) is 4.42 Å². The van der Waals surface area contributed by atoms with Crippen LogP contribution in [0.25, 0.3) is 11.0 Å². The smallest absolute Gasteiger partial charge is 0.255 e. The number of furan rings is 1. The van der Waals surface area contributed by atoms with Crippen LogP contribution in [0.5, 0.6) is 5.75 Å². The van der Waals surface area contributed by atoms with Crippen molar-refractivity contribution < 1.29 is 14.3 Å². The van der Waals surface area contributed by atoms with Crippen LogP contribution in [-0.2, 0) is 19.6 Å². The molecule has 4 rings (SSSR count). The fourth-order valence-corrected chi connectivity index (χ4v) is 3.89. The Labute approximate surface area is 181 Å². The van der Waals surface area contributed by atoms with Crippen LogP contribution in [0.1, 0.15) is 32.8 Å². The van der Waals surface area contributed by atoms with Crippen LogP contribution in [0, 0.1) is 6.92 Å². The normalized spacial score (nSPS) is 11.2. The van der Waals surface area contributed by atoms with Gasteiger partial charge in [-0.2, -0.15) is 0 Å². The average molecular weight is 415 g/mol. The first kappa shape index (κ1) is 20.7. The zero-order chi connectivity index (χ0) is 21.8. The zero-order valence-corrected chi connectivity index (χ0v) is 17.8. The first-order chi connectivity index (χ1) is 15.0. The predicted octanol–water partition coefficient (Wildman–Crippen LogP) is 5.01. The number of phenols is 1. The van der Waals surface area contributed by atoms with Crippen molar-refractivity contribution in [3.05, 3.63) is 101 Å². The first-order valence-corrected chi connectivity index (χ1v) is 10.3. The summed E-state index contributed by atoms with van der Waals surface area (Å²) < 4.78 is 5.88. The SMILES string of the molecule is Cc1oc2ccc(O)c(CN(C)Cc3ccccc3)c2c1C(=O)NCc1ccccc1. The molecule has 0 fully saturated rings. The van der Waals surface area contributed by atoms with Crippen LogP contribution in [-0.4, -0.2) is 23.0 Å². The summed E-state index contributed by atoms with van der Waals surface area (Å²) in [7, 11) is 1.99. The molecule has 0 aliphatic heterocycles. The molecule has 1 amide bonds. The van der Waals surface area contributed by atoms with Crippen LogP contribution in [0.4, 0.5) is 0 Å². The molecule has 5 nitrogen and oxygen atoms in total. The molecule has 3 aromatic carbocycles. The van der Waals surface area contributed by atoms with Gasteiger partial charge in [0.15, 0.2) is 0 Å². The van der Waals surface area contributed by atoms with E-state index in [2.05, 4.69) is 22.3 Å². The number of amides is 1. The number of phenolic OH excluding ortho intramolecular Hbond substituents is 1. The van der Waals surface area contributed by atoms with E-state index in [1.165, 1.54) is 5.56 Å². The van der Waals surface area contributed by atoms with Crippen LogP contribution >= 0.6 is 0 Å². The van der Waals surface area contributed by atoms with E-state index in [1.807, 2.05) is 55.6 Å². The van der Waals surface area contributed by atoms with Gasteiger partial charge in [-0.1, -0.05) is 60.7 Å². The molecule has 158 valence electrons. The lowest BCUT2D eigenvalue weighted by Gasteiger charge is -2.18. The monoisotopic (exact) mass is 414 g/mol. The number of fused-ring (bicyclic) bond motifs is 1. The van der Waals surface area contributed by atoms with Crippen molar-refractivity contribution in [2.75, 3.05) is 7.05 Å². The summed E-state index contributed by atoms with van der Waals surface area (Å²) in [4.78, 5) is 15.2. The fourth-order valence-electron chi connectivity index (χ4n) is 3.89. The van der Waals surface area contributed by atoms with Crippen molar-refractivity contribution >= 4 is 16.9 Å². The minimum absolute atomic E-state index is 0.158. The van der Waals surface area contributed by atoms with Gasteiger partial charge in [0.2, 0.25) is 0 Å². The van der Waals surface area contributed by atoms with Crippen molar-refractivity contribution in [1.29, 1.82) is 0 Å². The Balaban J connectivity index is 1.62. The van der Waals surface area contributed by atoms with Crippen molar-refractivity contribution in [3.63, 3.8) is 0 Å². The van der Waals surface area contributed by atoms with Crippen molar-refractivity contribution in [3.8, 4) is 5.75 Å². The van der Waals surface area contributed by atoms with E-state index < -0.39 is 0 Å². The van der Waals surface area contributed by atoms with Gasteiger partial charge in [0, 0.05) is 30.6 Å². The number of carbonyl (C=O) groups is 1. The Hall–Kier alpha value is -3.57. The first-order valence-electron chi connectivity index (χ1n) is 10.3. The molecule has 1 heterocycles. The van der Waals surface area contributed by atoms with Gasteiger partial charge in [0.05, 0.1) is 5.56 Å². The van der Waals surface area contributed by atoms with Crippen molar-refractivity contribution in [2.24, 2.45) is 0 Å². The molecule has 0 radical (unpaired) electrons. The molecule has 0 saturated carbocycles. The third kappa shape index (κ3) is 4.62. The number of carbonyl (C=O) groups excluding carboxylic acids is 1. The molecule has 4 aromatic rings. The lowest BCUT2D eigenvalue weighted by Crippen LogP contribution is -2.24. The minimum Gasteiger partial charge on any atom is -0.508 e. The van der Waals surface area contributed by atoms with Gasteiger partial charge >= 0.3 is 0 Å². The number of nitrogens with zero attached hydrogens (tertiary/aromatic N) is 1. The van der Waals surface area contributed by atoms with E-state index in [1.54, 1.807) is 19.1 Å². The summed E-state index contributed by atoms with van der Waals surface area (Å²) in [5.74, 6) is 0.487. The number of benzene rings is 3. The summed E-state index contributed by atoms with van der Waals surface area (Å²) >= 11 is 0. The van der Waals surface area contributed by atoms with E-state index in [-0.39, 0.29) is 11.7 Å². The second kappa shape index (κ2) is 9.06. The maximum Gasteiger partial charge on any atom is 0.255 e. The number of hydrogen-bond donors (Lipinski definition) is 2. The third-order valence-corrected chi connectivity index (χ3v) is 5.36. The van der Waals surface area contributed by atoms with Gasteiger partial charge < -0.3 is 14.8 Å². The highest BCUT2D eigenvalue weighted by Gasteiger charge is 2.23. The molecule has 0 aliphatic rings. The molecule has 31 heavy (non-hydrogen) atoms. The lowest BCUT2D eigenvalue weighted by atomic mass is 10.0. The number of aromatic hydroxyl groups is 1. The summed E-state index contributed by atoms with van der Waals surface area (Å²) in [6, 6.07) is 23.3. The Morgan fingerprint density at radius 2 is 1.58 bits per heavy atom. The van der Waals surface area contributed by atoms with Crippen molar-refractivity contribution in [2.45, 2.75) is 26.6 Å². The number of nitrogens with one attached hydrogen (secondary N) is 1. The highest BCUT2D eigenvalue weighted by Crippen LogP contribution is 2.34. The van der Waals surface area contributed by atoms with Gasteiger partial charge in [-0.05, 0) is 37.2 Å². The molecule has 0 spiro atoms. The molecular formula is C26H26N2O3. The molecule has 0 aliphatic carbocycles. The second-order valence-electron chi connectivity index (χ2n) is 7.80. The lowest BCUT2D eigenvalue weighted by molar-refractivity contribution is 0.0950. The summed E-state index contributed by atoms with van der Waals surface area (Å²) in [6.07, 6.45) is 0. The van der Waals surface area contributed by atoms with E-state index in [0.717, 1.165) is 12.1 Å². The minimum atomic E-state index is -0.210. The topological polar surface area (TPSA) is 65.7 Å². The molecule has 5 heteroatoms. The Morgan fingerprint density at radius 1 is 0.935 bits per heavy atom. The quantitative estimate of drug-likeness (QED) is 0.446. The zero-order valence-electron chi connectivity index (χ0n) is 17.8. The highest BCUT2D eigenvalue weighted by atomic mass is 16.3. The summed E-state index contributed by atoms with van der Waals surface area (Å²) in [6.45, 7) is 3.42. The number of rotatable bonds is 7. The van der Waals surface area contributed by atoms with E-state index in [9.17, 15) is 9.90 Å². The Morgan fingerprint density at radius 3 is 2.26 bits per heavy atom. The van der Waals surface area contributed by atoms with Crippen LogP contribution in [0.2, 0.25) is 0 Å². The molecule has 0 saturated heterocycles. The molecule has 0 bridgehead atoms. The Bertz CT molecular complexity index is 1180. The standard InChI is InChI=1S/C26H26N2O3/c1-18-24(26(30)27-15-19-9-5-3-6-10-19)25-21(22(29)13-14-23(25)31-18)17-28(2)16-20-11-7-4-8-12-20/h3-14,29H,15-17H2,1-2H3,(H,27,30). The van der Waals surface area contributed by atoms with Gasteiger partial charge in [-0.25, -0.2) is 0 Å². The fraction of sp³-hybridized carbons (Fsp3) is 0.192. The summed E-state index contributed by atoms with van der Waals surface area (Å²) in [5, 5.41) is 14.3. The maximum atomic E-state index is 13.1. The van der Waals surface area contributed by atoms with Crippen LogP contribution < -0.4 is 5.32 Å². The summed E-state index contributed by atoms with van der Waals surface area (Å²) in [5.41, 5.74) is 3.97. The predicted molar refractivity (Wildman–Crippen MR) is 122 cm³/mol.